The lowest BCUT2D eigenvalue weighted by molar-refractivity contribution is 0.108. The van der Waals surface area contributed by atoms with Gasteiger partial charge in [0.15, 0.2) is 0 Å². The van der Waals surface area contributed by atoms with Crippen molar-refractivity contribution in [2.45, 2.75) is 19.8 Å². The highest BCUT2D eigenvalue weighted by molar-refractivity contribution is 6.67. The normalized spacial score (nSPS) is 10.2. The molecule has 0 amide bonds. The van der Waals surface area contributed by atoms with Gasteiger partial charge in [-0.1, -0.05) is 26.5 Å². The largest absolute Gasteiger partial charge is 0.489 e. The summed E-state index contributed by atoms with van der Waals surface area (Å²) >= 11 is 5.44. The molecule has 0 spiro atoms. The number of carbonyl (C=O) groups excluding carboxylic acids is 1. The average molecular weight is 239 g/mol. The Labute approximate surface area is 101 Å². The molecule has 0 aliphatic rings. The van der Waals surface area contributed by atoms with Crippen LogP contribution in [0.5, 0.6) is 5.75 Å². The predicted octanol–water partition coefficient (Wildman–Crippen LogP) is 3.75. The molecule has 0 saturated heterocycles. The molecule has 1 rings (SSSR count). The molecule has 0 fully saturated rings. The molecule has 0 radical (unpaired) electrons. The zero-order valence-corrected chi connectivity index (χ0v) is 10.3. The molecular weight excluding hydrogens is 224 g/mol. The molecule has 1 aromatic rings. The van der Waals surface area contributed by atoms with E-state index in [9.17, 15) is 4.79 Å². The fourth-order valence-electron chi connectivity index (χ4n) is 1.40. The molecule has 1 aromatic carbocycles. The second-order valence-corrected chi connectivity index (χ2v) is 4.12. The monoisotopic (exact) mass is 238 g/mol. The maximum absolute atomic E-state index is 11.1. The maximum atomic E-state index is 11.1. The molecule has 0 aliphatic heterocycles. The Morgan fingerprint density at radius 1 is 1.56 bits per heavy atom. The van der Waals surface area contributed by atoms with E-state index < -0.39 is 5.24 Å². The standard InChI is InChI=1S/C13H15ClO2/c1-4-7-16-12-6-5-10(13(14)15)8-11(12)9(2)3/h4-6,8-9H,1,7H2,2-3H3. The Hall–Kier alpha value is -1.28. The van der Waals surface area contributed by atoms with Crippen molar-refractivity contribution in [2.24, 2.45) is 0 Å². The molecule has 0 aliphatic carbocycles. The Morgan fingerprint density at radius 3 is 2.75 bits per heavy atom. The highest BCUT2D eigenvalue weighted by atomic mass is 35.5. The number of rotatable bonds is 5. The maximum Gasteiger partial charge on any atom is 0.252 e. The highest BCUT2D eigenvalue weighted by Gasteiger charge is 2.11. The third-order valence-corrected chi connectivity index (χ3v) is 2.43. The van der Waals surface area contributed by atoms with Gasteiger partial charge in [0, 0.05) is 5.56 Å². The molecule has 0 N–H and O–H groups in total. The van der Waals surface area contributed by atoms with Gasteiger partial charge < -0.3 is 4.74 Å². The lowest BCUT2D eigenvalue weighted by Gasteiger charge is -2.13. The Bertz CT molecular complexity index is 397. The van der Waals surface area contributed by atoms with E-state index >= 15 is 0 Å². The first kappa shape index (κ1) is 12.8. The van der Waals surface area contributed by atoms with Crippen LogP contribution in [0, 0.1) is 0 Å². The van der Waals surface area contributed by atoms with Crippen LogP contribution in [0.4, 0.5) is 0 Å². The van der Waals surface area contributed by atoms with Crippen LogP contribution < -0.4 is 4.74 Å². The van der Waals surface area contributed by atoms with Gasteiger partial charge in [0.25, 0.3) is 5.24 Å². The molecule has 0 saturated carbocycles. The van der Waals surface area contributed by atoms with Gasteiger partial charge in [0.05, 0.1) is 0 Å². The van der Waals surface area contributed by atoms with Crippen LogP contribution in [0.3, 0.4) is 0 Å². The Morgan fingerprint density at radius 2 is 2.25 bits per heavy atom. The molecule has 0 aromatic heterocycles. The van der Waals surface area contributed by atoms with Crippen molar-refractivity contribution in [3.8, 4) is 5.75 Å². The van der Waals surface area contributed by atoms with E-state index in [1.807, 2.05) is 13.8 Å². The third kappa shape index (κ3) is 3.11. The predicted molar refractivity (Wildman–Crippen MR) is 66.4 cm³/mol. The number of hydrogen-bond acceptors (Lipinski definition) is 2. The summed E-state index contributed by atoms with van der Waals surface area (Å²) in [6.07, 6.45) is 1.69. The molecule has 0 atom stereocenters. The van der Waals surface area contributed by atoms with Gasteiger partial charge in [-0.3, -0.25) is 4.79 Å². The van der Waals surface area contributed by atoms with Crippen molar-refractivity contribution < 1.29 is 9.53 Å². The summed E-state index contributed by atoms with van der Waals surface area (Å²) in [5.41, 5.74) is 1.48. The van der Waals surface area contributed by atoms with Gasteiger partial charge in [-0.25, -0.2) is 0 Å². The van der Waals surface area contributed by atoms with Crippen molar-refractivity contribution in [3.05, 3.63) is 42.0 Å². The molecule has 2 nitrogen and oxygen atoms in total. The summed E-state index contributed by atoms with van der Waals surface area (Å²) in [6, 6.07) is 5.21. The van der Waals surface area contributed by atoms with Crippen LogP contribution in [-0.4, -0.2) is 11.8 Å². The van der Waals surface area contributed by atoms with Gasteiger partial charge in [0.1, 0.15) is 12.4 Å². The number of halogens is 1. The van der Waals surface area contributed by atoms with E-state index in [-0.39, 0.29) is 5.92 Å². The topological polar surface area (TPSA) is 26.3 Å². The zero-order valence-electron chi connectivity index (χ0n) is 9.50. The summed E-state index contributed by atoms with van der Waals surface area (Å²) in [5, 5.41) is -0.447. The lowest BCUT2D eigenvalue weighted by Crippen LogP contribution is -2.01. The Balaban J connectivity index is 3.08. The fraction of sp³-hybridized carbons (Fsp3) is 0.308. The lowest BCUT2D eigenvalue weighted by atomic mass is 10.00. The molecule has 16 heavy (non-hydrogen) atoms. The van der Waals surface area contributed by atoms with Crippen LogP contribution in [0.2, 0.25) is 0 Å². The van der Waals surface area contributed by atoms with Gasteiger partial charge in [0.2, 0.25) is 0 Å². The van der Waals surface area contributed by atoms with E-state index in [2.05, 4.69) is 6.58 Å². The summed E-state index contributed by atoms with van der Waals surface area (Å²) in [5.74, 6) is 1.05. The van der Waals surface area contributed by atoms with Crippen molar-refractivity contribution in [2.75, 3.05) is 6.61 Å². The van der Waals surface area contributed by atoms with E-state index in [0.29, 0.717) is 12.2 Å². The van der Waals surface area contributed by atoms with Crippen LogP contribution >= 0.6 is 11.6 Å². The van der Waals surface area contributed by atoms with E-state index in [4.69, 9.17) is 16.3 Å². The summed E-state index contributed by atoms with van der Waals surface area (Å²) in [7, 11) is 0. The smallest absolute Gasteiger partial charge is 0.252 e. The highest BCUT2D eigenvalue weighted by Crippen LogP contribution is 2.28. The first-order chi connectivity index (χ1) is 7.56. The van der Waals surface area contributed by atoms with Crippen LogP contribution in [0.15, 0.2) is 30.9 Å². The minimum Gasteiger partial charge on any atom is -0.489 e. The third-order valence-electron chi connectivity index (χ3n) is 2.22. The number of hydrogen-bond donors (Lipinski definition) is 0. The van der Waals surface area contributed by atoms with Gasteiger partial charge in [-0.2, -0.15) is 0 Å². The van der Waals surface area contributed by atoms with Gasteiger partial charge in [-0.05, 0) is 41.3 Å². The summed E-state index contributed by atoms with van der Waals surface area (Å²) in [6.45, 7) is 8.13. The molecule has 3 heteroatoms. The average Bonchev–Trinajstić information content (AvgIpc) is 2.25. The van der Waals surface area contributed by atoms with Crippen molar-refractivity contribution in [3.63, 3.8) is 0 Å². The summed E-state index contributed by atoms with van der Waals surface area (Å²) < 4.78 is 5.51. The SMILES string of the molecule is C=CCOc1ccc(C(=O)Cl)cc1C(C)C. The van der Waals surface area contributed by atoms with Crippen LogP contribution in [0.1, 0.15) is 35.7 Å². The molecule has 0 bridgehead atoms. The number of ether oxygens (including phenoxy) is 1. The Kier molecular flexibility index (Phi) is 4.56. The number of carbonyl (C=O) groups is 1. The second-order valence-electron chi connectivity index (χ2n) is 3.78. The van der Waals surface area contributed by atoms with E-state index in [0.717, 1.165) is 11.3 Å². The minimum atomic E-state index is -0.447. The van der Waals surface area contributed by atoms with Crippen molar-refractivity contribution in [1.29, 1.82) is 0 Å². The zero-order chi connectivity index (χ0) is 12.1. The van der Waals surface area contributed by atoms with Gasteiger partial charge >= 0.3 is 0 Å². The van der Waals surface area contributed by atoms with Crippen LogP contribution in [0.25, 0.3) is 0 Å². The molecule has 86 valence electrons. The molecular formula is C13H15ClO2. The first-order valence-electron chi connectivity index (χ1n) is 5.13. The van der Waals surface area contributed by atoms with Crippen LogP contribution in [-0.2, 0) is 0 Å². The molecule has 0 heterocycles. The first-order valence-corrected chi connectivity index (χ1v) is 5.51. The fourth-order valence-corrected chi connectivity index (χ4v) is 1.52. The van der Waals surface area contributed by atoms with E-state index in [1.54, 1.807) is 24.3 Å². The van der Waals surface area contributed by atoms with Crippen molar-refractivity contribution in [1.82, 2.24) is 0 Å². The summed E-state index contributed by atoms with van der Waals surface area (Å²) in [4.78, 5) is 11.1. The molecule has 0 unspecified atom stereocenters. The number of benzene rings is 1. The quantitative estimate of drug-likeness (QED) is 0.577. The minimum absolute atomic E-state index is 0.274. The van der Waals surface area contributed by atoms with Gasteiger partial charge in [-0.15, -0.1) is 0 Å². The van der Waals surface area contributed by atoms with E-state index in [1.165, 1.54) is 0 Å². The van der Waals surface area contributed by atoms with Crippen molar-refractivity contribution >= 4 is 16.8 Å². The second kappa shape index (κ2) is 5.71.